The monoisotopic (exact) mass is 264 g/mol. The van der Waals surface area contributed by atoms with E-state index < -0.39 is 0 Å². The van der Waals surface area contributed by atoms with E-state index in [2.05, 4.69) is 21.9 Å². The van der Waals surface area contributed by atoms with Crippen molar-refractivity contribution in [3.63, 3.8) is 0 Å². The molecule has 7 nitrogen and oxygen atoms in total. The van der Waals surface area contributed by atoms with Gasteiger partial charge in [-0.15, -0.1) is 0 Å². The maximum Gasteiger partial charge on any atom is 0.278 e. The number of rotatable bonds is 3. The molecule has 1 fully saturated rings. The molecule has 102 valence electrons. The van der Waals surface area contributed by atoms with Crippen LogP contribution in [0, 0.1) is 5.92 Å². The molecule has 1 aliphatic rings. The standard InChI is InChI=1S/C12H16N4O3/c1-2-7-3-8(4-17)19-12(7)16-6-15-9-10(16)13-5-14-11(9)18/h5-8,12,17H,2-4H2,1H3,(H,13,14,18). The molecule has 3 atom stereocenters. The number of hydrogen-bond donors (Lipinski definition) is 2. The summed E-state index contributed by atoms with van der Waals surface area (Å²) in [6.07, 6.45) is 4.31. The van der Waals surface area contributed by atoms with Crippen molar-refractivity contribution in [3.8, 4) is 0 Å². The number of aliphatic hydroxyl groups is 1. The van der Waals surface area contributed by atoms with E-state index in [1.54, 1.807) is 10.9 Å². The summed E-state index contributed by atoms with van der Waals surface area (Å²) >= 11 is 0. The lowest BCUT2D eigenvalue weighted by molar-refractivity contribution is -0.0314. The van der Waals surface area contributed by atoms with E-state index in [0.29, 0.717) is 11.2 Å². The van der Waals surface area contributed by atoms with Gasteiger partial charge in [0.15, 0.2) is 11.2 Å². The molecule has 1 aliphatic heterocycles. The summed E-state index contributed by atoms with van der Waals surface area (Å²) < 4.78 is 7.61. The van der Waals surface area contributed by atoms with Crippen molar-refractivity contribution in [1.29, 1.82) is 0 Å². The maximum atomic E-state index is 11.6. The molecule has 19 heavy (non-hydrogen) atoms. The zero-order valence-electron chi connectivity index (χ0n) is 10.6. The number of aliphatic hydroxyl groups excluding tert-OH is 1. The Hall–Kier alpha value is -1.73. The first-order valence-electron chi connectivity index (χ1n) is 6.41. The van der Waals surface area contributed by atoms with Gasteiger partial charge in [0.25, 0.3) is 5.56 Å². The molecule has 0 aliphatic carbocycles. The van der Waals surface area contributed by atoms with Crippen molar-refractivity contribution in [2.24, 2.45) is 5.92 Å². The number of nitrogens with zero attached hydrogens (tertiary/aromatic N) is 3. The van der Waals surface area contributed by atoms with E-state index in [9.17, 15) is 9.90 Å². The molecule has 0 aromatic carbocycles. The number of H-pyrrole nitrogens is 1. The Labute approximate surface area is 109 Å². The summed E-state index contributed by atoms with van der Waals surface area (Å²) in [6.45, 7) is 2.09. The molecule has 0 spiro atoms. The highest BCUT2D eigenvalue weighted by Gasteiger charge is 2.35. The molecule has 0 radical (unpaired) electrons. The lowest BCUT2D eigenvalue weighted by Crippen LogP contribution is -2.17. The van der Waals surface area contributed by atoms with Crippen LogP contribution >= 0.6 is 0 Å². The van der Waals surface area contributed by atoms with Gasteiger partial charge in [0.1, 0.15) is 6.23 Å². The number of ether oxygens (including phenoxy) is 1. The number of imidazole rings is 1. The maximum absolute atomic E-state index is 11.6. The Kier molecular flexibility index (Phi) is 3.08. The van der Waals surface area contributed by atoms with Crippen molar-refractivity contribution in [2.75, 3.05) is 6.61 Å². The normalized spacial score (nSPS) is 27.2. The number of nitrogens with one attached hydrogen (secondary N) is 1. The van der Waals surface area contributed by atoms with Crippen LogP contribution in [0.1, 0.15) is 26.0 Å². The lowest BCUT2D eigenvalue weighted by Gasteiger charge is -2.18. The topological polar surface area (TPSA) is 93.0 Å². The molecule has 0 saturated carbocycles. The van der Waals surface area contributed by atoms with Crippen LogP contribution in [0.2, 0.25) is 0 Å². The zero-order chi connectivity index (χ0) is 13.4. The highest BCUT2D eigenvalue weighted by Crippen LogP contribution is 2.37. The Morgan fingerprint density at radius 2 is 2.42 bits per heavy atom. The minimum atomic E-state index is -0.256. The van der Waals surface area contributed by atoms with Crippen molar-refractivity contribution >= 4 is 11.2 Å². The van der Waals surface area contributed by atoms with Crippen LogP contribution in [-0.4, -0.2) is 37.3 Å². The van der Waals surface area contributed by atoms with Gasteiger partial charge in [-0.05, 0) is 12.8 Å². The van der Waals surface area contributed by atoms with Crippen molar-refractivity contribution in [1.82, 2.24) is 19.5 Å². The fourth-order valence-corrected chi connectivity index (χ4v) is 2.65. The first kappa shape index (κ1) is 12.3. The number of hydrogen-bond acceptors (Lipinski definition) is 5. The first-order valence-corrected chi connectivity index (χ1v) is 6.41. The number of aromatic nitrogens is 4. The van der Waals surface area contributed by atoms with E-state index in [4.69, 9.17) is 4.74 Å². The summed E-state index contributed by atoms with van der Waals surface area (Å²) in [5, 5.41) is 9.23. The highest BCUT2D eigenvalue weighted by atomic mass is 16.5. The summed E-state index contributed by atoms with van der Waals surface area (Å²) in [5.41, 5.74) is 0.577. The summed E-state index contributed by atoms with van der Waals surface area (Å²) in [6, 6.07) is 0. The van der Waals surface area contributed by atoms with Crippen LogP contribution in [0.15, 0.2) is 17.4 Å². The van der Waals surface area contributed by atoms with Gasteiger partial charge in [0.05, 0.1) is 25.4 Å². The highest BCUT2D eigenvalue weighted by molar-refractivity contribution is 5.68. The average molecular weight is 264 g/mol. The predicted octanol–water partition coefficient (Wildman–Crippen LogP) is 0.426. The van der Waals surface area contributed by atoms with Gasteiger partial charge in [0.2, 0.25) is 0 Å². The van der Waals surface area contributed by atoms with Gasteiger partial charge in [-0.1, -0.05) is 6.92 Å². The second kappa shape index (κ2) is 4.75. The minimum absolute atomic E-state index is 0.00758. The summed E-state index contributed by atoms with van der Waals surface area (Å²) in [4.78, 5) is 22.4. The Balaban J connectivity index is 2.04. The van der Waals surface area contributed by atoms with Gasteiger partial charge >= 0.3 is 0 Å². The molecule has 2 aromatic rings. The zero-order valence-corrected chi connectivity index (χ0v) is 10.6. The fraction of sp³-hybridized carbons (Fsp3) is 0.583. The molecule has 0 bridgehead atoms. The Morgan fingerprint density at radius 1 is 1.58 bits per heavy atom. The van der Waals surface area contributed by atoms with Crippen LogP contribution in [0.3, 0.4) is 0 Å². The average Bonchev–Trinajstić information content (AvgIpc) is 3.02. The molecular weight excluding hydrogens is 248 g/mol. The molecule has 0 amide bonds. The molecule has 3 heterocycles. The van der Waals surface area contributed by atoms with Crippen LogP contribution in [0.5, 0.6) is 0 Å². The molecule has 2 aromatic heterocycles. The smallest absolute Gasteiger partial charge is 0.278 e. The Morgan fingerprint density at radius 3 is 3.16 bits per heavy atom. The summed E-state index contributed by atoms with van der Waals surface area (Å²) in [5.74, 6) is 0.288. The van der Waals surface area contributed by atoms with E-state index in [-0.39, 0.29) is 30.4 Å². The molecule has 1 saturated heterocycles. The third-order valence-electron chi connectivity index (χ3n) is 3.67. The van der Waals surface area contributed by atoms with E-state index in [1.807, 2.05) is 0 Å². The SMILES string of the molecule is CCC1CC(CO)OC1n1cnc2c(=O)[nH]cnc21. The third kappa shape index (κ3) is 1.95. The van der Waals surface area contributed by atoms with E-state index in [0.717, 1.165) is 12.8 Å². The fourth-order valence-electron chi connectivity index (χ4n) is 2.65. The van der Waals surface area contributed by atoms with Gasteiger partial charge < -0.3 is 14.8 Å². The second-order valence-electron chi connectivity index (χ2n) is 4.79. The van der Waals surface area contributed by atoms with Crippen molar-refractivity contribution < 1.29 is 9.84 Å². The van der Waals surface area contributed by atoms with Gasteiger partial charge in [0, 0.05) is 5.92 Å². The van der Waals surface area contributed by atoms with E-state index >= 15 is 0 Å². The molecule has 2 N–H and O–H groups in total. The van der Waals surface area contributed by atoms with Gasteiger partial charge in [-0.25, -0.2) is 9.97 Å². The van der Waals surface area contributed by atoms with Crippen LogP contribution in [0.4, 0.5) is 0 Å². The van der Waals surface area contributed by atoms with Crippen molar-refractivity contribution in [2.45, 2.75) is 32.1 Å². The molecule has 3 rings (SSSR count). The van der Waals surface area contributed by atoms with E-state index in [1.165, 1.54) is 6.33 Å². The molecular formula is C12H16N4O3. The number of aromatic amines is 1. The molecule has 3 unspecified atom stereocenters. The van der Waals surface area contributed by atoms with Gasteiger partial charge in [-0.2, -0.15) is 0 Å². The quantitative estimate of drug-likeness (QED) is 0.838. The largest absolute Gasteiger partial charge is 0.394 e. The van der Waals surface area contributed by atoms with Gasteiger partial charge in [-0.3, -0.25) is 9.36 Å². The molecule has 7 heteroatoms. The second-order valence-corrected chi connectivity index (χ2v) is 4.79. The van der Waals surface area contributed by atoms with Crippen LogP contribution < -0.4 is 5.56 Å². The predicted molar refractivity (Wildman–Crippen MR) is 67.5 cm³/mol. The lowest BCUT2D eigenvalue weighted by atomic mass is 10.0. The third-order valence-corrected chi connectivity index (χ3v) is 3.67. The van der Waals surface area contributed by atoms with Crippen LogP contribution in [0.25, 0.3) is 11.2 Å². The number of fused-ring (bicyclic) bond motifs is 1. The first-order chi connectivity index (χ1) is 9.24. The van der Waals surface area contributed by atoms with Crippen molar-refractivity contribution in [3.05, 3.63) is 23.0 Å². The Bertz CT molecular complexity index is 635. The minimum Gasteiger partial charge on any atom is -0.394 e. The van der Waals surface area contributed by atoms with Crippen LogP contribution in [-0.2, 0) is 4.74 Å². The summed E-state index contributed by atoms with van der Waals surface area (Å²) in [7, 11) is 0.